The first-order chi connectivity index (χ1) is 12.2. The lowest BCUT2D eigenvalue weighted by atomic mass is 9.52. The van der Waals surface area contributed by atoms with Gasteiger partial charge in [0.25, 0.3) is 0 Å². The molecular weight excluding hydrogens is 340 g/mol. The monoisotopic (exact) mass is 366 g/mol. The third kappa shape index (κ3) is 4.09. The molecule has 2 atom stereocenters. The Labute approximate surface area is 153 Å². The Kier molecular flexibility index (Phi) is 5.10. The summed E-state index contributed by atoms with van der Waals surface area (Å²) in [5.41, 5.74) is -0.861. The van der Waals surface area contributed by atoms with Crippen LogP contribution in [-0.2, 0) is 28.5 Å². The van der Waals surface area contributed by atoms with Gasteiger partial charge in [0.1, 0.15) is 17.8 Å². The third-order valence-electron chi connectivity index (χ3n) is 5.48. The average molecular weight is 366 g/mol. The molecule has 0 saturated heterocycles. The fourth-order valence-electron chi connectivity index (χ4n) is 5.10. The molecule has 4 saturated carbocycles. The zero-order valence-electron chi connectivity index (χ0n) is 15.4. The molecular formula is C19H26O7. The van der Waals surface area contributed by atoms with Crippen molar-refractivity contribution in [2.24, 2.45) is 11.8 Å². The maximum absolute atomic E-state index is 12.1. The van der Waals surface area contributed by atoms with Crippen LogP contribution in [0.3, 0.4) is 0 Å². The van der Waals surface area contributed by atoms with Crippen molar-refractivity contribution in [3.63, 3.8) is 0 Å². The first-order valence-electron chi connectivity index (χ1n) is 9.03. The minimum absolute atomic E-state index is 0.109. The molecule has 0 aliphatic heterocycles. The van der Waals surface area contributed by atoms with E-state index in [-0.39, 0.29) is 25.2 Å². The van der Waals surface area contributed by atoms with Gasteiger partial charge in [0.05, 0.1) is 0 Å². The molecule has 26 heavy (non-hydrogen) atoms. The Balaban J connectivity index is 1.62. The average Bonchev–Trinajstić information content (AvgIpc) is 2.48. The largest absolute Gasteiger partial charge is 0.510 e. The van der Waals surface area contributed by atoms with E-state index in [2.05, 4.69) is 6.58 Å². The van der Waals surface area contributed by atoms with Crippen LogP contribution in [0.5, 0.6) is 0 Å². The molecule has 0 aromatic rings. The number of rotatable bonds is 7. The van der Waals surface area contributed by atoms with Crippen molar-refractivity contribution in [1.82, 2.24) is 0 Å². The minimum atomic E-state index is -0.808. The summed E-state index contributed by atoms with van der Waals surface area (Å²) in [5, 5.41) is 0. The molecule has 2 unspecified atom stereocenters. The number of ketones is 1. The number of carbonyl (C=O) groups is 3. The molecule has 0 aromatic carbocycles. The lowest BCUT2D eigenvalue weighted by Gasteiger charge is -2.59. The molecule has 0 amide bonds. The van der Waals surface area contributed by atoms with Gasteiger partial charge in [-0.3, -0.25) is 4.79 Å². The molecule has 144 valence electrons. The van der Waals surface area contributed by atoms with Crippen molar-refractivity contribution in [3.05, 3.63) is 12.2 Å². The highest BCUT2D eigenvalue weighted by Crippen LogP contribution is 2.60. The smallest absolute Gasteiger partial charge is 0.456 e. The molecule has 0 spiro atoms. The molecule has 0 aromatic heterocycles. The SMILES string of the molecule is C=C(C)C(=O)OC12CC3CC(CC(OC(=O)OCOCC(C)=O)(C3)C1)C2. The molecule has 7 nitrogen and oxygen atoms in total. The zero-order chi connectivity index (χ0) is 18.9. The molecule has 4 rings (SSSR count). The summed E-state index contributed by atoms with van der Waals surface area (Å²) >= 11 is 0. The van der Waals surface area contributed by atoms with E-state index in [4.69, 9.17) is 18.9 Å². The van der Waals surface area contributed by atoms with Crippen molar-refractivity contribution in [3.8, 4) is 0 Å². The normalized spacial score (nSPS) is 34.2. The Morgan fingerprint density at radius 1 is 1.00 bits per heavy atom. The first kappa shape index (κ1) is 18.9. The van der Waals surface area contributed by atoms with Crippen LogP contribution in [0.15, 0.2) is 12.2 Å². The van der Waals surface area contributed by atoms with Gasteiger partial charge in [-0.05, 0) is 57.8 Å². The molecule has 4 bridgehead atoms. The second kappa shape index (κ2) is 7.02. The highest BCUT2D eigenvalue weighted by atomic mass is 16.8. The first-order valence-corrected chi connectivity index (χ1v) is 9.03. The Hall–Kier alpha value is -1.89. The van der Waals surface area contributed by atoms with E-state index in [1.54, 1.807) is 6.92 Å². The summed E-state index contributed by atoms with van der Waals surface area (Å²) in [6.45, 7) is 6.25. The van der Waals surface area contributed by atoms with E-state index in [0.717, 1.165) is 32.1 Å². The van der Waals surface area contributed by atoms with Crippen molar-refractivity contribution in [2.45, 2.75) is 63.6 Å². The van der Waals surface area contributed by atoms with Gasteiger partial charge in [-0.25, -0.2) is 9.59 Å². The molecule has 0 N–H and O–H groups in total. The Morgan fingerprint density at radius 3 is 2.12 bits per heavy atom. The fourth-order valence-corrected chi connectivity index (χ4v) is 5.10. The van der Waals surface area contributed by atoms with Gasteiger partial charge < -0.3 is 18.9 Å². The van der Waals surface area contributed by atoms with E-state index in [1.807, 2.05) is 0 Å². The topological polar surface area (TPSA) is 88.1 Å². The van der Waals surface area contributed by atoms with Gasteiger partial charge in [-0.15, -0.1) is 0 Å². The van der Waals surface area contributed by atoms with Crippen LogP contribution < -0.4 is 0 Å². The summed E-state index contributed by atoms with van der Waals surface area (Å²) in [7, 11) is 0. The number of esters is 1. The maximum atomic E-state index is 12.1. The van der Waals surface area contributed by atoms with E-state index >= 15 is 0 Å². The highest BCUT2D eigenvalue weighted by molar-refractivity contribution is 5.87. The van der Waals surface area contributed by atoms with E-state index in [1.165, 1.54) is 6.92 Å². The standard InChI is InChI=1S/C19H26O7/c1-12(2)16(21)25-18-5-14-4-15(6-18)8-19(7-14,10-18)26-17(22)24-11-23-9-13(3)20/h14-15H,1,4-11H2,2-3H3. The van der Waals surface area contributed by atoms with Crippen LogP contribution in [0.2, 0.25) is 0 Å². The van der Waals surface area contributed by atoms with Crippen LogP contribution in [0.4, 0.5) is 4.79 Å². The predicted molar refractivity (Wildman–Crippen MR) is 90.1 cm³/mol. The number of ether oxygens (including phenoxy) is 4. The van der Waals surface area contributed by atoms with Crippen LogP contribution in [0, 0.1) is 11.8 Å². The van der Waals surface area contributed by atoms with Crippen LogP contribution in [0.25, 0.3) is 0 Å². The second-order valence-electron chi connectivity index (χ2n) is 8.16. The van der Waals surface area contributed by atoms with Gasteiger partial charge in [-0.1, -0.05) is 6.58 Å². The molecule has 0 radical (unpaired) electrons. The minimum Gasteiger partial charge on any atom is -0.456 e. The maximum Gasteiger partial charge on any atom is 0.510 e. The van der Waals surface area contributed by atoms with Gasteiger partial charge >= 0.3 is 12.1 Å². The van der Waals surface area contributed by atoms with Crippen molar-refractivity contribution < 1.29 is 33.3 Å². The molecule has 4 aliphatic carbocycles. The van der Waals surface area contributed by atoms with Gasteiger partial charge in [-0.2, -0.15) is 0 Å². The summed E-state index contributed by atoms with van der Waals surface area (Å²) in [6.07, 6.45) is 3.91. The molecule has 0 heterocycles. The Morgan fingerprint density at radius 2 is 1.58 bits per heavy atom. The van der Waals surface area contributed by atoms with Crippen LogP contribution in [0.1, 0.15) is 52.4 Å². The number of hydrogen-bond acceptors (Lipinski definition) is 7. The third-order valence-corrected chi connectivity index (χ3v) is 5.48. The Bertz CT molecular complexity index is 609. The second-order valence-corrected chi connectivity index (χ2v) is 8.16. The number of carbonyl (C=O) groups excluding carboxylic acids is 3. The molecule has 7 heteroatoms. The summed E-state index contributed by atoms with van der Waals surface area (Å²) < 4.78 is 21.4. The lowest BCUT2D eigenvalue weighted by molar-refractivity contribution is -0.222. The zero-order valence-corrected chi connectivity index (χ0v) is 15.4. The summed E-state index contributed by atoms with van der Waals surface area (Å²) in [6, 6.07) is 0. The van der Waals surface area contributed by atoms with Gasteiger partial charge in [0.15, 0.2) is 12.6 Å². The lowest BCUT2D eigenvalue weighted by Crippen LogP contribution is -2.61. The number of Topliss-reactive ketones (excluding diaryl/α,β-unsaturated/α-hetero) is 1. The van der Waals surface area contributed by atoms with Crippen LogP contribution in [-0.4, -0.2) is 42.5 Å². The van der Waals surface area contributed by atoms with E-state index < -0.39 is 17.4 Å². The van der Waals surface area contributed by atoms with Gasteiger partial charge in [0, 0.05) is 12.0 Å². The highest BCUT2D eigenvalue weighted by Gasteiger charge is 2.61. The van der Waals surface area contributed by atoms with Gasteiger partial charge in [0.2, 0.25) is 0 Å². The van der Waals surface area contributed by atoms with Crippen molar-refractivity contribution >= 4 is 17.9 Å². The number of hydrogen-bond donors (Lipinski definition) is 0. The fraction of sp³-hybridized carbons (Fsp3) is 0.737. The summed E-state index contributed by atoms with van der Waals surface area (Å²) in [5.74, 6) is 0.207. The summed E-state index contributed by atoms with van der Waals surface area (Å²) in [4.78, 5) is 35.0. The van der Waals surface area contributed by atoms with Crippen molar-refractivity contribution in [2.75, 3.05) is 13.4 Å². The molecule has 4 fully saturated rings. The predicted octanol–water partition coefficient (Wildman–Crippen LogP) is 2.91. The van der Waals surface area contributed by atoms with Crippen LogP contribution >= 0.6 is 0 Å². The van der Waals surface area contributed by atoms with E-state index in [9.17, 15) is 14.4 Å². The van der Waals surface area contributed by atoms with Crippen molar-refractivity contribution in [1.29, 1.82) is 0 Å². The van der Waals surface area contributed by atoms with E-state index in [0.29, 0.717) is 23.8 Å². The molecule has 4 aliphatic rings. The quantitative estimate of drug-likeness (QED) is 0.296.